The molecule has 2 aromatic heterocycles. The van der Waals surface area contributed by atoms with E-state index in [1.165, 1.54) is 37.1 Å². The van der Waals surface area contributed by atoms with E-state index < -0.39 is 0 Å². The fourth-order valence-electron chi connectivity index (χ4n) is 5.88. The lowest BCUT2D eigenvalue weighted by Crippen LogP contribution is -3.28. The van der Waals surface area contributed by atoms with Crippen molar-refractivity contribution >= 4 is 10.9 Å². The number of rotatable bonds is 7. The van der Waals surface area contributed by atoms with E-state index in [0.29, 0.717) is 6.04 Å². The van der Waals surface area contributed by atoms with Gasteiger partial charge in [-0.3, -0.25) is 4.79 Å². The number of hydrogen-bond acceptors (Lipinski definition) is 5. The summed E-state index contributed by atoms with van der Waals surface area (Å²) in [6.45, 7) is 7.64. The summed E-state index contributed by atoms with van der Waals surface area (Å²) in [7, 11) is 1.66. The summed E-state index contributed by atoms with van der Waals surface area (Å²) in [6, 6.07) is 7.90. The number of aromatic amines is 1. The number of piperazine rings is 1. The predicted octanol–water partition coefficient (Wildman–Crippen LogP) is 0.311. The van der Waals surface area contributed by atoms with Crippen LogP contribution in [-0.4, -0.2) is 65.0 Å². The molecule has 2 aliphatic rings. The van der Waals surface area contributed by atoms with Crippen LogP contribution in [0.1, 0.15) is 68.9 Å². The van der Waals surface area contributed by atoms with Crippen LogP contribution in [0.4, 0.5) is 0 Å². The Hall–Kier alpha value is -2.78. The minimum absolute atomic E-state index is 0.0586. The van der Waals surface area contributed by atoms with Crippen LogP contribution >= 0.6 is 0 Å². The van der Waals surface area contributed by atoms with Gasteiger partial charge in [-0.05, 0) is 54.0 Å². The Bertz CT molecular complexity index is 1160. The molecule has 0 radical (unpaired) electrons. The van der Waals surface area contributed by atoms with E-state index in [1.54, 1.807) is 12.0 Å². The third-order valence-electron chi connectivity index (χ3n) is 7.70. The van der Waals surface area contributed by atoms with Crippen molar-refractivity contribution in [2.75, 3.05) is 39.8 Å². The number of nitrogens with one attached hydrogen (secondary N) is 3. The van der Waals surface area contributed by atoms with Crippen molar-refractivity contribution in [2.45, 2.75) is 57.5 Å². The molecule has 1 aromatic carbocycles. The Morgan fingerprint density at radius 1 is 1.15 bits per heavy atom. The molecule has 1 saturated carbocycles. The van der Waals surface area contributed by atoms with E-state index in [0.717, 1.165) is 67.1 Å². The van der Waals surface area contributed by atoms with Crippen molar-refractivity contribution in [3.8, 4) is 5.75 Å². The third kappa shape index (κ3) is 4.59. The second kappa shape index (κ2) is 10.2. The molecule has 34 heavy (non-hydrogen) atoms. The number of quaternary nitrogens is 2. The van der Waals surface area contributed by atoms with Crippen molar-refractivity contribution in [2.24, 2.45) is 0 Å². The third-order valence-corrected chi connectivity index (χ3v) is 7.70. The molecule has 3 aromatic rings. The normalized spacial score (nSPS) is 22.6. The topological polar surface area (TPSA) is 94.6 Å². The van der Waals surface area contributed by atoms with E-state index in [4.69, 9.17) is 4.74 Å². The van der Waals surface area contributed by atoms with Gasteiger partial charge in [-0.2, -0.15) is 0 Å². The first-order chi connectivity index (χ1) is 16.7. The molecule has 182 valence electrons. The van der Waals surface area contributed by atoms with E-state index >= 15 is 0 Å². The number of aromatic nitrogens is 5. The van der Waals surface area contributed by atoms with Crippen LogP contribution in [0.3, 0.4) is 0 Å². The van der Waals surface area contributed by atoms with Crippen molar-refractivity contribution in [1.82, 2.24) is 25.2 Å². The molecule has 1 atom stereocenters. The number of nitrogens with zero attached hydrogens (tertiary/aromatic N) is 4. The average Bonchev–Trinajstić information content (AvgIpc) is 3.35. The molecule has 3 heterocycles. The lowest BCUT2D eigenvalue weighted by atomic mass is 9.95. The number of pyridine rings is 1. The molecule has 1 saturated heterocycles. The fourth-order valence-corrected chi connectivity index (χ4v) is 5.88. The highest BCUT2D eigenvalue weighted by molar-refractivity contribution is 5.80. The first-order valence-corrected chi connectivity index (χ1v) is 12.8. The van der Waals surface area contributed by atoms with Crippen LogP contribution < -0.4 is 20.1 Å². The molecule has 0 unspecified atom stereocenters. The Kier molecular flexibility index (Phi) is 6.92. The number of benzene rings is 1. The van der Waals surface area contributed by atoms with E-state index in [9.17, 15) is 4.79 Å². The Labute approximate surface area is 200 Å². The van der Waals surface area contributed by atoms with Gasteiger partial charge in [-0.25, -0.2) is 4.68 Å². The largest absolute Gasteiger partial charge is 0.497 e. The minimum atomic E-state index is -0.195. The van der Waals surface area contributed by atoms with Gasteiger partial charge in [0, 0.05) is 10.9 Å². The summed E-state index contributed by atoms with van der Waals surface area (Å²) >= 11 is 0. The number of tetrazole rings is 1. The molecule has 2 fully saturated rings. The quantitative estimate of drug-likeness (QED) is 0.465. The van der Waals surface area contributed by atoms with Crippen LogP contribution in [0.5, 0.6) is 5.75 Å². The zero-order valence-electron chi connectivity index (χ0n) is 20.3. The SMILES string of the molecule is CCC[NH+]1CC[NH+]([C@@H](c2cc3cc(OC)ccc3[nH]c2=O)c2nnnn2C2CCCCC2)CC1. The van der Waals surface area contributed by atoms with Crippen molar-refractivity contribution < 1.29 is 14.5 Å². The maximum absolute atomic E-state index is 13.4. The molecule has 5 rings (SSSR count). The average molecular weight is 468 g/mol. The fraction of sp³-hybridized carbons (Fsp3) is 0.600. The molecule has 0 amide bonds. The van der Waals surface area contributed by atoms with Crippen LogP contribution in [0.15, 0.2) is 29.1 Å². The zero-order valence-corrected chi connectivity index (χ0v) is 20.3. The van der Waals surface area contributed by atoms with Gasteiger partial charge in [-0.1, -0.05) is 26.2 Å². The van der Waals surface area contributed by atoms with Gasteiger partial charge in [0.15, 0.2) is 6.04 Å². The summed E-state index contributed by atoms with van der Waals surface area (Å²) in [5, 5.41) is 14.1. The monoisotopic (exact) mass is 467 g/mol. The lowest BCUT2D eigenvalue weighted by molar-refractivity contribution is -1.02. The number of ether oxygens (including phenoxy) is 1. The smallest absolute Gasteiger partial charge is 0.258 e. The van der Waals surface area contributed by atoms with E-state index in [-0.39, 0.29) is 11.6 Å². The van der Waals surface area contributed by atoms with Crippen LogP contribution in [-0.2, 0) is 0 Å². The van der Waals surface area contributed by atoms with Crippen molar-refractivity contribution in [3.05, 3.63) is 46.0 Å². The molecular formula is C25H37N7O2+2. The molecule has 0 bridgehead atoms. The summed E-state index contributed by atoms with van der Waals surface area (Å²) in [4.78, 5) is 19.6. The van der Waals surface area contributed by atoms with Crippen LogP contribution in [0.2, 0.25) is 0 Å². The number of H-pyrrole nitrogens is 1. The predicted molar refractivity (Wildman–Crippen MR) is 129 cm³/mol. The van der Waals surface area contributed by atoms with Gasteiger partial charge >= 0.3 is 0 Å². The van der Waals surface area contributed by atoms with Crippen molar-refractivity contribution in [3.63, 3.8) is 0 Å². The summed E-state index contributed by atoms with van der Waals surface area (Å²) in [5.41, 5.74) is 1.49. The molecular weight excluding hydrogens is 430 g/mol. The zero-order chi connectivity index (χ0) is 23.5. The minimum Gasteiger partial charge on any atom is -0.497 e. The maximum Gasteiger partial charge on any atom is 0.258 e. The second-order valence-electron chi connectivity index (χ2n) is 9.87. The molecule has 0 spiro atoms. The molecule has 9 nitrogen and oxygen atoms in total. The number of fused-ring (bicyclic) bond motifs is 1. The first kappa shape index (κ1) is 23.0. The van der Waals surface area contributed by atoms with Gasteiger partial charge < -0.3 is 19.5 Å². The Balaban J connectivity index is 1.58. The van der Waals surface area contributed by atoms with Gasteiger partial charge in [0.2, 0.25) is 5.82 Å². The first-order valence-electron chi connectivity index (χ1n) is 12.8. The van der Waals surface area contributed by atoms with Gasteiger partial charge in [-0.15, -0.1) is 5.10 Å². The summed E-state index contributed by atoms with van der Waals surface area (Å²) in [5.74, 6) is 1.60. The molecule has 9 heteroatoms. The highest BCUT2D eigenvalue weighted by Gasteiger charge is 2.38. The molecule has 3 N–H and O–H groups in total. The number of methoxy groups -OCH3 is 1. The highest BCUT2D eigenvalue weighted by atomic mass is 16.5. The Morgan fingerprint density at radius 2 is 1.94 bits per heavy atom. The van der Waals surface area contributed by atoms with Crippen LogP contribution in [0, 0.1) is 0 Å². The molecule has 1 aliphatic carbocycles. The highest BCUT2D eigenvalue weighted by Crippen LogP contribution is 2.30. The van der Waals surface area contributed by atoms with E-state index in [2.05, 4.69) is 27.4 Å². The summed E-state index contributed by atoms with van der Waals surface area (Å²) < 4.78 is 7.48. The van der Waals surface area contributed by atoms with Crippen molar-refractivity contribution in [1.29, 1.82) is 0 Å². The standard InChI is InChI=1S/C25H35N7O2/c1-3-11-30-12-14-31(15-13-30)23(24-27-28-29-32(24)19-7-5-4-6-8-19)21-17-18-16-20(34-2)9-10-22(18)26-25(21)33/h9-10,16-17,19,23H,3-8,11-15H2,1-2H3,(H,26,33)/p+2/t23-/m0/s1. The number of hydrogen-bond donors (Lipinski definition) is 3. The lowest BCUT2D eigenvalue weighted by Gasteiger charge is -2.34. The molecule has 1 aliphatic heterocycles. The summed E-state index contributed by atoms with van der Waals surface area (Å²) in [6.07, 6.45) is 7.07. The van der Waals surface area contributed by atoms with Gasteiger partial charge in [0.25, 0.3) is 5.56 Å². The van der Waals surface area contributed by atoms with E-state index in [1.807, 2.05) is 28.9 Å². The maximum atomic E-state index is 13.4. The van der Waals surface area contributed by atoms with Gasteiger partial charge in [0.1, 0.15) is 31.9 Å². The Morgan fingerprint density at radius 3 is 2.68 bits per heavy atom. The van der Waals surface area contributed by atoms with Crippen LogP contribution in [0.25, 0.3) is 10.9 Å². The van der Waals surface area contributed by atoms with Gasteiger partial charge in [0.05, 0.1) is 25.3 Å². The second-order valence-corrected chi connectivity index (χ2v) is 9.87.